The van der Waals surface area contributed by atoms with E-state index in [1.165, 1.54) is 0 Å². The van der Waals surface area contributed by atoms with Crippen LogP contribution in [0.5, 0.6) is 0 Å². The van der Waals surface area contributed by atoms with Crippen LogP contribution in [0.15, 0.2) is 18.6 Å². The maximum atomic E-state index is 5.80. The highest BCUT2D eigenvalue weighted by molar-refractivity contribution is 5.85. The molecule has 0 aromatic carbocycles. The van der Waals surface area contributed by atoms with Gasteiger partial charge in [0.1, 0.15) is 0 Å². The van der Waals surface area contributed by atoms with Gasteiger partial charge >= 0.3 is 0 Å². The third-order valence-electron chi connectivity index (χ3n) is 2.31. The first-order valence-electron chi connectivity index (χ1n) is 4.57. The summed E-state index contributed by atoms with van der Waals surface area (Å²) in [5.74, 6) is 0. The number of rotatable bonds is 2. The summed E-state index contributed by atoms with van der Waals surface area (Å²) in [7, 11) is 0. The van der Waals surface area contributed by atoms with Crippen molar-refractivity contribution in [2.45, 2.75) is 19.0 Å². The van der Waals surface area contributed by atoms with Crippen LogP contribution in [0.1, 0.15) is 12.1 Å². The zero-order valence-electron chi connectivity index (χ0n) is 7.97. The Hall–Kier alpha value is -0.710. The lowest BCUT2D eigenvalue weighted by molar-refractivity contribution is 0.322. The zero-order chi connectivity index (χ0) is 9.10. The van der Waals surface area contributed by atoms with E-state index in [0.717, 1.165) is 31.7 Å². The Morgan fingerprint density at radius 3 is 2.93 bits per heavy atom. The van der Waals surface area contributed by atoms with Crippen molar-refractivity contribution < 1.29 is 0 Å². The molecule has 78 valence electrons. The molecule has 0 spiro atoms. The van der Waals surface area contributed by atoms with Crippen LogP contribution in [0.25, 0.3) is 0 Å². The topological polar surface area (TPSA) is 55.0 Å². The first kappa shape index (κ1) is 11.4. The second-order valence-corrected chi connectivity index (χ2v) is 3.48. The standard InChI is InChI=1S/C9H14N4.ClH/c10-8-1-4-13(6-8)7-9-5-11-2-3-12-9;/h2-3,5,8H,1,4,6-7,10H2;1H/t8-;/m0./s1. The van der Waals surface area contributed by atoms with Gasteiger partial charge in [-0.05, 0) is 6.42 Å². The average Bonchev–Trinajstić information content (AvgIpc) is 2.53. The van der Waals surface area contributed by atoms with Gasteiger partial charge in [-0.15, -0.1) is 12.4 Å². The van der Waals surface area contributed by atoms with Gasteiger partial charge in [0.15, 0.2) is 0 Å². The Morgan fingerprint density at radius 2 is 2.36 bits per heavy atom. The van der Waals surface area contributed by atoms with Crippen LogP contribution in [0, 0.1) is 0 Å². The van der Waals surface area contributed by atoms with Crippen LogP contribution < -0.4 is 5.73 Å². The van der Waals surface area contributed by atoms with E-state index >= 15 is 0 Å². The maximum absolute atomic E-state index is 5.80. The lowest BCUT2D eigenvalue weighted by atomic mass is 10.3. The fourth-order valence-electron chi connectivity index (χ4n) is 1.65. The van der Waals surface area contributed by atoms with E-state index in [2.05, 4.69) is 14.9 Å². The molecule has 0 saturated carbocycles. The first-order valence-corrected chi connectivity index (χ1v) is 4.57. The van der Waals surface area contributed by atoms with Gasteiger partial charge in [0.25, 0.3) is 0 Å². The molecule has 1 aliphatic heterocycles. The molecule has 1 aliphatic rings. The molecule has 2 N–H and O–H groups in total. The minimum atomic E-state index is 0. The van der Waals surface area contributed by atoms with Crippen molar-refractivity contribution >= 4 is 12.4 Å². The van der Waals surface area contributed by atoms with Gasteiger partial charge in [-0.25, -0.2) is 0 Å². The summed E-state index contributed by atoms with van der Waals surface area (Å²) in [5.41, 5.74) is 6.83. The maximum Gasteiger partial charge on any atom is 0.0726 e. The summed E-state index contributed by atoms with van der Waals surface area (Å²) in [5, 5.41) is 0. The third-order valence-corrected chi connectivity index (χ3v) is 2.31. The quantitative estimate of drug-likeness (QED) is 0.776. The van der Waals surface area contributed by atoms with Crippen molar-refractivity contribution in [3.8, 4) is 0 Å². The second kappa shape index (κ2) is 5.24. The highest BCUT2D eigenvalue weighted by Gasteiger charge is 2.18. The molecule has 1 atom stereocenters. The molecule has 0 radical (unpaired) electrons. The Morgan fingerprint density at radius 1 is 1.50 bits per heavy atom. The number of nitrogens with zero attached hydrogens (tertiary/aromatic N) is 3. The normalized spacial score (nSPS) is 21.9. The van der Waals surface area contributed by atoms with Crippen molar-refractivity contribution in [3.05, 3.63) is 24.3 Å². The summed E-state index contributed by atoms with van der Waals surface area (Å²) in [6.07, 6.45) is 6.33. The van der Waals surface area contributed by atoms with E-state index in [0.29, 0.717) is 6.04 Å². The highest BCUT2D eigenvalue weighted by atomic mass is 35.5. The molecular weight excluding hydrogens is 200 g/mol. The SMILES string of the molecule is Cl.N[C@H]1CCN(Cc2cnccn2)C1. The average molecular weight is 215 g/mol. The lowest BCUT2D eigenvalue weighted by Gasteiger charge is -2.13. The lowest BCUT2D eigenvalue weighted by Crippen LogP contribution is -2.26. The van der Waals surface area contributed by atoms with Gasteiger partial charge in [-0.2, -0.15) is 0 Å². The van der Waals surface area contributed by atoms with Crippen LogP contribution in [0.3, 0.4) is 0 Å². The molecule has 1 aromatic heterocycles. The number of hydrogen-bond donors (Lipinski definition) is 1. The largest absolute Gasteiger partial charge is 0.326 e. The Balaban J connectivity index is 0.000000980. The van der Waals surface area contributed by atoms with Crippen molar-refractivity contribution in [1.82, 2.24) is 14.9 Å². The van der Waals surface area contributed by atoms with Crippen LogP contribution in [-0.4, -0.2) is 34.0 Å². The van der Waals surface area contributed by atoms with Crippen LogP contribution in [0.2, 0.25) is 0 Å². The van der Waals surface area contributed by atoms with E-state index in [-0.39, 0.29) is 12.4 Å². The molecule has 1 aromatic rings. The predicted molar refractivity (Wildman–Crippen MR) is 57.1 cm³/mol. The molecule has 0 unspecified atom stereocenters. The van der Waals surface area contributed by atoms with E-state index in [1.54, 1.807) is 12.4 Å². The summed E-state index contributed by atoms with van der Waals surface area (Å²) in [6, 6.07) is 0.344. The van der Waals surface area contributed by atoms with Gasteiger partial charge in [0.05, 0.1) is 5.69 Å². The highest BCUT2D eigenvalue weighted by Crippen LogP contribution is 2.09. The predicted octanol–water partition coefficient (Wildman–Crippen LogP) is 0.431. The van der Waals surface area contributed by atoms with Gasteiger partial charge in [0, 0.05) is 44.3 Å². The number of nitrogens with two attached hydrogens (primary N) is 1. The summed E-state index contributed by atoms with van der Waals surface area (Å²) >= 11 is 0. The molecule has 14 heavy (non-hydrogen) atoms. The fourth-order valence-corrected chi connectivity index (χ4v) is 1.65. The van der Waals surface area contributed by atoms with Crippen molar-refractivity contribution in [3.63, 3.8) is 0 Å². The molecule has 2 rings (SSSR count). The number of likely N-dealkylation sites (tertiary alicyclic amines) is 1. The van der Waals surface area contributed by atoms with Gasteiger partial charge in [-0.1, -0.05) is 0 Å². The summed E-state index contributed by atoms with van der Waals surface area (Å²) in [4.78, 5) is 10.6. The number of halogens is 1. The van der Waals surface area contributed by atoms with E-state index < -0.39 is 0 Å². The van der Waals surface area contributed by atoms with Crippen LogP contribution in [-0.2, 0) is 6.54 Å². The molecular formula is C9H15ClN4. The third kappa shape index (κ3) is 2.90. The zero-order valence-corrected chi connectivity index (χ0v) is 8.78. The first-order chi connectivity index (χ1) is 6.34. The van der Waals surface area contributed by atoms with Gasteiger partial charge in [-0.3, -0.25) is 14.9 Å². The van der Waals surface area contributed by atoms with Gasteiger partial charge in [0.2, 0.25) is 0 Å². The number of hydrogen-bond acceptors (Lipinski definition) is 4. The molecule has 5 heteroatoms. The minimum Gasteiger partial charge on any atom is -0.326 e. The van der Waals surface area contributed by atoms with Crippen molar-refractivity contribution in [2.24, 2.45) is 5.73 Å². The molecule has 1 fully saturated rings. The molecule has 4 nitrogen and oxygen atoms in total. The monoisotopic (exact) mass is 214 g/mol. The molecule has 0 amide bonds. The van der Waals surface area contributed by atoms with Crippen LogP contribution in [0.4, 0.5) is 0 Å². The molecule has 0 bridgehead atoms. The molecule has 1 saturated heterocycles. The smallest absolute Gasteiger partial charge is 0.0726 e. The van der Waals surface area contributed by atoms with E-state index in [1.807, 2.05) is 6.20 Å². The summed E-state index contributed by atoms with van der Waals surface area (Å²) in [6.45, 7) is 2.94. The van der Waals surface area contributed by atoms with E-state index in [9.17, 15) is 0 Å². The Bertz CT molecular complexity index is 267. The molecule has 2 heterocycles. The van der Waals surface area contributed by atoms with Crippen molar-refractivity contribution in [2.75, 3.05) is 13.1 Å². The molecule has 0 aliphatic carbocycles. The van der Waals surface area contributed by atoms with Gasteiger partial charge < -0.3 is 5.73 Å². The Labute approximate surface area is 89.9 Å². The summed E-state index contributed by atoms with van der Waals surface area (Å²) < 4.78 is 0. The fraction of sp³-hybridized carbons (Fsp3) is 0.556. The van der Waals surface area contributed by atoms with Crippen molar-refractivity contribution in [1.29, 1.82) is 0 Å². The van der Waals surface area contributed by atoms with Crippen LogP contribution >= 0.6 is 12.4 Å². The second-order valence-electron chi connectivity index (χ2n) is 3.48. The number of aromatic nitrogens is 2. The Kier molecular flexibility index (Phi) is 4.25. The van der Waals surface area contributed by atoms with E-state index in [4.69, 9.17) is 5.73 Å². The minimum absolute atomic E-state index is 0.